The molecule has 29 heavy (non-hydrogen) atoms. The molecule has 0 aliphatic carbocycles. The number of hydrogen-bond donors (Lipinski definition) is 0. The molecule has 4 rings (SSSR count). The number of thiophene rings is 1. The SMILES string of the molecule is CC(C)CC1COC(=O)N1C1CCN(S(=O)(=O)c2ccc(-c3ccon3)s2)CC1. The number of rotatable bonds is 6. The summed E-state index contributed by atoms with van der Waals surface area (Å²) in [7, 11) is -3.57. The van der Waals surface area contributed by atoms with Gasteiger partial charge in [0.25, 0.3) is 10.0 Å². The van der Waals surface area contributed by atoms with Crippen molar-refractivity contribution in [3.63, 3.8) is 0 Å². The van der Waals surface area contributed by atoms with Gasteiger partial charge in [-0.25, -0.2) is 13.2 Å². The van der Waals surface area contributed by atoms with Gasteiger partial charge >= 0.3 is 6.09 Å². The molecule has 4 heterocycles. The summed E-state index contributed by atoms with van der Waals surface area (Å²) in [6.07, 6.45) is 3.32. The monoisotopic (exact) mass is 439 g/mol. The number of cyclic esters (lactones) is 1. The van der Waals surface area contributed by atoms with Crippen LogP contribution in [-0.2, 0) is 14.8 Å². The highest BCUT2D eigenvalue weighted by atomic mass is 32.2. The average Bonchev–Trinajstić information content (AvgIpc) is 3.42. The zero-order valence-corrected chi connectivity index (χ0v) is 18.1. The zero-order chi connectivity index (χ0) is 20.6. The average molecular weight is 440 g/mol. The number of carbonyl (C=O) groups is 1. The van der Waals surface area contributed by atoms with Crippen LogP contribution in [-0.4, -0.2) is 60.7 Å². The van der Waals surface area contributed by atoms with Crippen molar-refractivity contribution in [1.82, 2.24) is 14.4 Å². The number of aromatic nitrogens is 1. The second-order valence-corrected chi connectivity index (χ2v) is 11.2. The van der Waals surface area contributed by atoms with E-state index in [-0.39, 0.29) is 18.2 Å². The molecule has 0 N–H and O–H groups in total. The lowest BCUT2D eigenvalue weighted by Crippen LogP contribution is -2.49. The third-order valence-corrected chi connectivity index (χ3v) is 8.90. The Morgan fingerprint density at radius 3 is 2.66 bits per heavy atom. The molecule has 158 valence electrons. The minimum absolute atomic E-state index is 0.0224. The van der Waals surface area contributed by atoms with E-state index in [4.69, 9.17) is 9.26 Å². The van der Waals surface area contributed by atoms with Crippen LogP contribution in [0.25, 0.3) is 10.6 Å². The van der Waals surface area contributed by atoms with E-state index in [0.717, 1.165) is 11.3 Å². The van der Waals surface area contributed by atoms with Crippen LogP contribution >= 0.6 is 11.3 Å². The molecule has 10 heteroatoms. The summed E-state index contributed by atoms with van der Waals surface area (Å²) < 4.78 is 38.0. The van der Waals surface area contributed by atoms with Gasteiger partial charge in [0.1, 0.15) is 22.8 Å². The van der Waals surface area contributed by atoms with E-state index in [1.807, 2.05) is 4.90 Å². The van der Waals surface area contributed by atoms with Crippen LogP contribution in [0.15, 0.2) is 33.2 Å². The van der Waals surface area contributed by atoms with Crippen molar-refractivity contribution in [3.05, 3.63) is 24.5 Å². The van der Waals surface area contributed by atoms with Crippen molar-refractivity contribution < 1.29 is 22.5 Å². The maximum Gasteiger partial charge on any atom is 0.410 e. The molecule has 2 aromatic heterocycles. The van der Waals surface area contributed by atoms with Gasteiger partial charge in [0.05, 0.1) is 10.9 Å². The zero-order valence-electron chi connectivity index (χ0n) is 16.5. The Labute approximate surface area is 174 Å². The van der Waals surface area contributed by atoms with Crippen LogP contribution in [0.4, 0.5) is 4.79 Å². The van der Waals surface area contributed by atoms with Gasteiger partial charge in [-0.1, -0.05) is 19.0 Å². The van der Waals surface area contributed by atoms with Crippen LogP contribution in [0.5, 0.6) is 0 Å². The molecule has 1 amide bonds. The second-order valence-electron chi connectivity index (χ2n) is 7.91. The first-order chi connectivity index (χ1) is 13.9. The van der Waals surface area contributed by atoms with E-state index in [1.54, 1.807) is 18.2 Å². The van der Waals surface area contributed by atoms with Gasteiger partial charge < -0.3 is 9.26 Å². The Hall–Kier alpha value is -1.91. The van der Waals surface area contributed by atoms with Crippen molar-refractivity contribution in [1.29, 1.82) is 0 Å². The molecule has 2 saturated heterocycles. The van der Waals surface area contributed by atoms with Crippen molar-refractivity contribution in [2.45, 2.75) is 49.4 Å². The van der Waals surface area contributed by atoms with Crippen molar-refractivity contribution >= 4 is 27.5 Å². The molecule has 1 atom stereocenters. The third-order valence-electron chi connectivity index (χ3n) is 5.43. The molecular formula is C19H25N3O5S2. The first-order valence-electron chi connectivity index (χ1n) is 9.82. The maximum absolute atomic E-state index is 13.1. The van der Waals surface area contributed by atoms with Crippen LogP contribution < -0.4 is 0 Å². The van der Waals surface area contributed by atoms with E-state index in [9.17, 15) is 13.2 Å². The number of ether oxygens (including phenoxy) is 1. The minimum Gasteiger partial charge on any atom is -0.447 e. The first-order valence-corrected chi connectivity index (χ1v) is 12.1. The molecule has 0 bridgehead atoms. The standard InChI is InChI=1S/C19H25N3O5S2/c1-13(2)11-15-12-26-19(23)22(15)14-5-8-21(9-6-14)29(24,25)18-4-3-17(28-18)16-7-10-27-20-16/h3-4,7,10,13-15H,5-6,8-9,11-12H2,1-2H3. The minimum atomic E-state index is -3.57. The summed E-state index contributed by atoms with van der Waals surface area (Å²) in [4.78, 5) is 14.8. The van der Waals surface area contributed by atoms with Crippen molar-refractivity contribution in [2.75, 3.05) is 19.7 Å². The van der Waals surface area contributed by atoms with Gasteiger partial charge in [0.2, 0.25) is 0 Å². The Balaban J connectivity index is 1.43. The summed E-state index contributed by atoms with van der Waals surface area (Å²) in [6.45, 7) is 5.47. The lowest BCUT2D eigenvalue weighted by molar-refractivity contribution is 0.121. The normalized spacial score (nSPS) is 21.8. The molecule has 0 spiro atoms. The highest BCUT2D eigenvalue weighted by Crippen LogP contribution is 2.34. The van der Waals surface area contributed by atoms with Gasteiger partial charge in [-0.05, 0) is 37.3 Å². The summed E-state index contributed by atoms with van der Waals surface area (Å²) in [6, 6.07) is 5.18. The summed E-state index contributed by atoms with van der Waals surface area (Å²) in [5.41, 5.74) is 0.624. The van der Waals surface area contributed by atoms with Crippen LogP contribution in [0, 0.1) is 5.92 Å². The summed E-state index contributed by atoms with van der Waals surface area (Å²) in [5, 5.41) is 3.86. The van der Waals surface area contributed by atoms with Crippen LogP contribution in [0.1, 0.15) is 33.1 Å². The lowest BCUT2D eigenvalue weighted by atomic mass is 9.99. The fraction of sp³-hybridized carbons (Fsp3) is 0.579. The van der Waals surface area contributed by atoms with Gasteiger partial charge in [-0.15, -0.1) is 11.3 Å². The Kier molecular flexibility index (Phi) is 5.67. The predicted molar refractivity (Wildman–Crippen MR) is 108 cm³/mol. The smallest absolute Gasteiger partial charge is 0.410 e. The predicted octanol–water partition coefficient (Wildman–Crippen LogP) is 3.42. The highest BCUT2D eigenvalue weighted by Gasteiger charge is 2.41. The molecule has 2 aliphatic heterocycles. The van der Waals surface area contributed by atoms with E-state index in [1.165, 1.54) is 21.9 Å². The molecule has 2 aromatic rings. The number of sulfonamides is 1. The largest absolute Gasteiger partial charge is 0.447 e. The van der Waals surface area contributed by atoms with E-state index >= 15 is 0 Å². The lowest BCUT2D eigenvalue weighted by Gasteiger charge is -2.37. The van der Waals surface area contributed by atoms with E-state index in [0.29, 0.717) is 48.4 Å². The summed E-state index contributed by atoms with van der Waals surface area (Å²) >= 11 is 1.19. The quantitative estimate of drug-likeness (QED) is 0.685. The number of carbonyl (C=O) groups excluding carboxylic acids is 1. The van der Waals surface area contributed by atoms with Gasteiger partial charge in [-0.2, -0.15) is 4.31 Å². The first kappa shape index (κ1) is 20.4. The molecule has 0 saturated carbocycles. The number of hydrogen-bond acceptors (Lipinski definition) is 7. The number of piperidine rings is 1. The number of nitrogens with zero attached hydrogens (tertiary/aromatic N) is 3. The fourth-order valence-electron chi connectivity index (χ4n) is 4.07. The topological polar surface area (TPSA) is 93.0 Å². The Morgan fingerprint density at radius 1 is 1.24 bits per heavy atom. The highest BCUT2D eigenvalue weighted by molar-refractivity contribution is 7.91. The second kappa shape index (κ2) is 8.08. The van der Waals surface area contributed by atoms with Crippen molar-refractivity contribution in [2.24, 2.45) is 5.92 Å². The molecule has 2 fully saturated rings. The van der Waals surface area contributed by atoms with Gasteiger partial charge in [0, 0.05) is 25.2 Å². The summed E-state index contributed by atoms with van der Waals surface area (Å²) in [5.74, 6) is 0.468. The molecule has 1 unspecified atom stereocenters. The number of amides is 1. The molecule has 0 radical (unpaired) electrons. The molecule has 0 aromatic carbocycles. The van der Waals surface area contributed by atoms with E-state index in [2.05, 4.69) is 19.0 Å². The molecule has 8 nitrogen and oxygen atoms in total. The maximum atomic E-state index is 13.1. The fourth-order valence-corrected chi connectivity index (χ4v) is 6.96. The van der Waals surface area contributed by atoms with Gasteiger partial charge in [0.15, 0.2) is 0 Å². The Morgan fingerprint density at radius 2 is 2.00 bits per heavy atom. The molecular weight excluding hydrogens is 414 g/mol. The van der Waals surface area contributed by atoms with Crippen LogP contribution in [0.2, 0.25) is 0 Å². The molecule has 2 aliphatic rings. The van der Waals surface area contributed by atoms with Crippen LogP contribution in [0.3, 0.4) is 0 Å². The van der Waals surface area contributed by atoms with Gasteiger partial charge in [-0.3, -0.25) is 4.90 Å². The third kappa shape index (κ3) is 4.06. The van der Waals surface area contributed by atoms with Crippen molar-refractivity contribution in [3.8, 4) is 10.6 Å². The Bertz CT molecular complexity index is 946. The van der Waals surface area contributed by atoms with E-state index < -0.39 is 10.0 Å².